The molecule has 2 aromatic rings. The third-order valence-electron chi connectivity index (χ3n) is 2.96. The van der Waals surface area contributed by atoms with Crippen molar-refractivity contribution < 1.29 is 28.2 Å². The normalized spacial score (nSPS) is 9.92. The van der Waals surface area contributed by atoms with Crippen LogP contribution >= 0.6 is 15.9 Å². The fourth-order valence-corrected chi connectivity index (χ4v) is 2.07. The van der Waals surface area contributed by atoms with Crippen LogP contribution < -0.4 is 15.6 Å². The molecule has 2 rings (SSSR count). The Labute approximate surface area is 156 Å². The first kappa shape index (κ1) is 19.4. The Balaban J connectivity index is 1.68. The van der Waals surface area contributed by atoms with Gasteiger partial charge in [-0.15, -0.1) is 0 Å². The van der Waals surface area contributed by atoms with E-state index in [0.29, 0.717) is 10.0 Å². The van der Waals surface area contributed by atoms with Gasteiger partial charge in [0.05, 0.1) is 0 Å². The summed E-state index contributed by atoms with van der Waals surface area (Å²) in [5.41, 5.74) is 4.64. The highest BCUT2D eigenvalue weighted by Gasteiger charge is 2.11. The summed E-state index contributed by atoms with van der Waals surface area (Å²) >= 11 is 3.10. The first-order valence-corrected chi connectivity index (χ1v) is 8.12. The maximum absolute atomic E-state index is 13.5. The first-order chi connectivity index (χ1) is 12.5. The Bertz CT molecular complexity index is 801. The van der Waals surface area contributed by atoms with Crippen LogP contribution in [0, 0.1) is 5.82 Å². The fraction of sp³-hybridized carbons (Fsp3) is 0.118. The minimum atomic E-state index is -0.864. The van der Waals surface area contributed by atoms with Crippen LogP contribution in [0.15, 0.2) is 53.0 Å². The summed E-state index contributed by atoms with van der Waals surface area (Å²) in [6.45, 7) is -1.19. The third-order valence-corrected chi connectivity index (χ3v) is 3.45. The van der Waals surface area contributed by atoms with Gasteiger partial charge in [0.2, 0.25) is 0 Å². The van der Waals surface area contributed by atoms with Crippen LogP contribution in [-0.4, -0.2) is 31.0 Å². The number of carbonyl (C=O) groups is 3. The highest BCUT2D eigenvalue weighted by molar-refractivity contribution is 9.10. The van der Waals surface area contributed by atoms with Crippen LogP contribution in [0.4, 0.5) is 4.39 Å². The summed E-state index contributed by atoms with van der Waals surface area (Å²) in [6.07, 6.45) is 0. The number of carbonyl (C=O) groups excluding carboxylic acids is 3. The molecular formula is C17H14BrFN2O5. The maximum Gasteiger partial charge on any atom is 0.344 e. The topological polar surface area (TPSA) is 93.7 Å². The smallest absolute Gasteiger partial charge is 0.344 e. The molecule has 136 valence electrons. The average molecular weight is 425 g/mol. The molecule has 0 aliphatic heterocycles. The highest BCUT2D eigenvalue weighted by atomic mass is 79.9. The molecule has 0 radical (unpaired) electrons. The summed E-state index contributed by atoms with van der Waals surface area (Å²) in [7, 11) is 0. The molecule has 0 spiro atoms. The lowest BCUT2D eigenvalue weighted by Gasteiger charge is -2.09. The van der Waals surface area contributed by atoms with Crippen molar-refractivity contribution in [3.63, 3.8) is 0 Å². The van der Waals surface area contributed by atoms with E-state index in [1.165, 1.54) is 12.1 Å². The van der Waals surface area contributed by atoms with Gasteiger partial charge in [-0.25, -0.2) is 9.18 Å². The van der Waals surface area contributed by atoms with Gasteiger partial charge in [0, 0.05) is 10.0 Å². The van der Waals surface area contributed by atoms with Gasteiger partial charge in [-0.05, 0) is 30.3 Å². The van der Waals surface area contributed by atoms with Crippen molar-refractivity contribution in [2.75, 3.05) is 13.2 Å². The largest absolute Gasteiger partial charge is 0.479 e. The SMILES string of the molecule is O=C(COC(=O)COc1ccc(Br)cc1F)NNC(=O)c1ccccc1. The summed E-state index contributed by atoms with van der Waals surface area (Å²) in [5.74, 6) is -2.88. The van der Waals surface area contributed by atoms with Crippen LogP contribution in [0.3, 0.4) is 0 Å². The zero-order valence-corrected chi connectivity index (χ0v) is 14.9. The second-order valence-electron chi connectivity index (χ2n) is 4.89. The summed E-state index contributed by atoms with van der Waals surface area (Å²) in [6, 6.07) is 12.3. The molecule has 0 bridgehead atoms. The van der Waals surface area contributed by atoms with Gasteiger partial charge in [0.15, 0.2) is 24.8 Å². The summed E-state index contributed by atoms with van der Waals surface area (Å²) in [4.78, 5) is 34.8. The van der Waals surface area contributed by atoms with E-state index in [0.717, 1.165) is 0 Å². The van der Waals surface area contributed by atoms with Crippen molar-refractivity contribution >= 4 is 33.7 Å². The molecule has 0 aliphatic rings. The van der Waals surface area contributed by atoms with Gasteiger partial charge in [0.25, 0.3) is 11.8 Å². The predicted molar refractivity (Wildman–Crippen MR) is 92.6 cm³/mol. The minimum absolute atomic E-state index is 0.121. The van der Waals surface area contributed by atoms with Crippen LogP contribution in [0.25, 0.3) is 0 Å². The molecule has 2 amide bonds. The van der Waals surface area contributed by atoms with Crippen LogP contribution in [0.2, 0.25) is 0 Å². The molecule has 9 heteroatoms. The van der Waals surface area contributed by atoms with Gasteiger partial charge >= 0.3 is 5.97 Å². The van der Waals surface area contributed by atoms with E-state index in [1.807, 2.05) is 0 Å². The number of nitrogens with one attached hydrogen (secondary N) is 2. The van der Waals surface area contributed by atoms with Crippen molar-refractivity contribution in [2.45, 2.75) is 0 Å². The number of esters is 1. The molecule has 0 aliphatic carbocycles. The molecule has 0 aromatic heterocycles. The van der Waals surface area contributed by atoms with Gasteiger partial charge < -0.3 is 9.47 Å². The Morgan fingerprint density at radius 3 is 2.42 bits per heavy atom. The van der Waals surface area contributed by atoms with E-state index in [4.69, 9.17) is 4.74 Å². The van der Waals surface area contributed by atoms with E-state index >= 15 is 0 Å². The monoisotopic (exact) mass is 424 g/mol. The number of amides is 2. The lowest BCUT2D eigenvalue weighted by Crippen LogP contribution is -2.43. The lowest BCUT2D eigenvalue weighted by molar-refractivity contribution is -0.150. The molecule has 0 atom stereocenters. The lowest BCUT2D eigenvalue weighted by atomic mass is 10.2. The van der Waals surface area contributed by atoms with Crippen LogP contribution in [-0.2, 0) is 14.3 Å². The molecule has 2 aromatic carbocycles. The number of hydrogen-bond donors (Lipinski definition) is 2. The molecule has 2 N–H and O–H groups in total. The number of hydrogen-bond acceptors (Lipinski definition) is 5. The van der Waals surface area contributed by atoms with Crippen LogP contribution in [0.1, 0.15) is 10.4 Å². The Hall–Kier alpha value is -2.94. The Kier molecular flexibility index (Phi) is 7.10. The zero-order chi connectivity index (χ0) is 18.9. The van der Waals surface area contributed by atoms with Gasteiger partial charge in [-0.1, -0.05) is 34.1 Å². The Morgan fingerprint density at radius 2 is 1.73 bits per heavy atom. The number of halogens is 2. The molecule has 26 heavy (non-hydrogen) atoms. The van der Waals surface area contributed by atoms with Gasteiger partial charge in [-0.3, -0.25) is 20.4 Å². The number of hydrazine groups is 1. The van der Waals surface area contributed by atoms with Crippen LogP contribution in [0.5, 0.6) is 5.75 Å². The van der Waals surface area contributed by atoms with Gasteiger partial charge in [0.1, 0.15) is 0 Å². The first-order valence-electron chi connectivity index (χ1n) is 7.33. The van der Waals surface area contributed by atoms with Crippen molar-refractivity contribution in [3.05, 3.63) is 64.4 Å². The molecular weight excluding hydrogens is 411 g/mol. The maximum atomic E-state index is 13.5. The fourth-order valence-electron chi connectivity index (χ4n) is 1.74. The quantitative estimate of drug-likeness (QED) is 0.546. The second-order valence-corrected chi connectivity index (χ2v) is 5.81. The molecule has 0 unspecified atom stereocenters. The second kappa shape index (κ2) is 9.52. The predicted octanol–water partition coefficient (Wildman–Crippen LogP) is 1.97. The van der Waals surface area contributed by atoms with E-state index in [9.17, 15) is 18.8 Å². The molecule has 0 saturated heterocycles. The molecule has 0 heterocycles. The van der Waals surface area contributed by atoms with E-state index in [2.05, 4.69) is 31.5 Å². The Morgan fingerprint density at radius 1 is 1.00 bits per heavy atom. The number of ether oxygens (including phenoxy) is 2. The molecule has 0 fully saturated rings. The minimum Gasteiger partial charge on any atom is -0.479 e. The van der Waals surface area contributed by atoms with Crippen molar-refractivity contribution in [3.8, 4) is 5.75 Å². The van der Waals surface area contributed by atoms with Crippen molar-refractivity contribution in [2.24, 2.45) is 0 Å². The van der Waals surface area contributed by atoms with Gasteiger partial charge in [-0.2, -0.15) is 0 Å². The molecule has 7 nitrogen and oxygen atoms in total. The van der Waals surface area contributed by atoms with E-state index in [-0.39, 0.29) is 5.75 Å². The number of benzene rings is 2. The third kappa shape index (κ3) is 6.17. The average Bonchev–Trinajstić information content (AvgIpc) is 2.64. The van der Waals surface area contributed by atoms with Crippen molar-refractivity contribution in [1.29, 1.82) is 0 Å². The summed E-state index contributed by atoms with van der Waals surface area (Å²) < 4.78 is 23.7. The highest BCUT2D eigenvalue weighted by Crippen LogP contribution is 2.21. The molecule has 0 saturated carbocycles. The van der Waals surface area contributed by atoms with E-state index in [1.54, 1.807) is 36.4 Å². The zero-order valence-electron chi connectivity index (χ0n) is 13.3. The standard InChI is InChI=1S/C17H14BrFN2O5/c18-12-6-7-14(13(19)8-12)25-10-16(23)26-9-15(22)20-21-17(24)11-4-2-1-3-5-11/h1-8H,9-10H2,(H,20,22)(H,21,24). The van der Waals surface area contributed by atoms with E-state index < -0.39 is 36.8 Å². The number of rotatable bonds is 6. The summed E-state index contributed by atoms with van der Waals surface area (Å²) in [5, 5.41) is 0. The van der Waals surface area contributed by atoms with Crippen molar-refractivity contribution in [1.82, 2.24) is 10.9 Å².